The van der Waals surface area contributed by atoms with Crippen LogP contribution in [0.3, 0.4) is 0 Å². The summed E-state index contributed by atoms with van der Waals surface area (Å²) in [6, 6.07) is 15.2. The van der Waals surface area contributed by atoms with Crippen LogP contribution in [0.15, 0.2) is 54.1 Å². The minimum absolute atomic E-state index is 0.152. The molecule has 2 nitrogen and oxygen atoms in total. The molecular formula is C31H38FNO. The van der Waals surface area contributed by atoms with Gasteiger partial charge in [0.15, 0.2) is 0 Å². The molecule has 0 bridgehead atoms. The lowest BCUT2D eigenvalue weighted by Gasteiger charge is -2.55. The summed E-state index contributed by atoms with van der Waals surface area (Å²) < 4.78 is 13.9. The number of halogens is 1. The zero-order valence-corrected chi connectivity index (χ0v) is 20.8. The Bertz CT molecular complexity index is 1080. The van der Waals surface area contributed by atoms with Crippen molar-refractivity contribution >= 4 is 6.08 Å². The first-order chi connectivity index (χ1) is 16.4. The highest BCUT2D eigenvalue weighted by atomic mass is 19.1. The van der Waals surface area contributed by atoms with Crippen molar-refractivity contribution in [2.45, 2.75) is 71.4 Å². The molecule has 0 saturated heterocycles. The third-order valence-electron chi connectivity index (χ3n) is 8.17. The number of hydrogen-bond donors (Lipinski definition) is 2. The van der Waals surface area contributed by atoms with Crippen LogP contribution in [0.4, 0.5) is 4.39 Å². The van der Waals surface area contributed by atoms with Crippen molar-refractivity contribution in [3.05, 3.63) is 76.6 Å². The van der Waals surface area contributed by atoms with Crippen molar-refractivity contribution in [1.82, 2.24) is 5.32 Å². The Balaban J connectivity index is 1.62. The van der Waals surface area contributed by atoms with Crippen molar-refractivity contribution in [2.75, 3.05) is 6.54 Å². The van der Waals surface area contributed by atoms with Crippen LogP contribution in [0, 0.1) is 34.9 Å². The van der Waals surface area contributed by atoms with E-state index in [-0.39, 0.29) is 17.3 Å². The van der Waals surface area contributed by atoms with Gasteiger partial charge in [0.25, 0.3) is 0 Å². The van der Waals surface area contributed by atoms with Crippen molar-refractivity contribution in [2.24, 2.45) is 17.3 Å². The second kappa shape index (κ2) is 10.9. The van der Waals surface area contributed by atoms with Crippen LogP contribution < -0.4 is 5.32 Å². The smallest absolute Gasteiger partial charge is 0.138 e. The molecule has 0 spiro atoms. The highest BCUT2D eigenvalue weighted by Crippen LogP contribution is 2.54. The van der Waals surface area contributed by atoms with E-state index in [0.29, 0.717) is 23.4 Å². The summed E-state index contributed by atoms with van der Waals surface area (Å²) in [7, 11) is 0. The van der Waals surface area contributed by atoms with E-state index >= 15 is 0 Å². The Hall–Kier alpha value is -2.41. The van der Waals surface area contributed by atoms with Crippen LogP contribution in [-0.2, 0) is 0 Å². The van der Waals surface area contributed by atoms with E-state index in [1.54, 1.807) is 12.1 Å². The van der Waals surface area contributed by atoms with Gasteiger partial charge in [-0.05, 0) is 85.7 Å². The number of benzene rings is 2. The normalized spacial score (nSPS) is 29.9. The molecular weight excluding hydrogens is 421 g/mol. The predicted octanol–water partition coefficient (Wildman–Crippen LogP) is 6.57. The number of nitrogens with one attached hydrogen (secondary N) is 1. The molecule has 2 aromatic carbocycles. The van der Waals surface area contributed by atoms with E-state index in [1.165, 1.54) is 24.5 Å². The van der Waals surface area contributed by atoms with Gasteiger partial charge in [0, 0.05) is 11.6 Å². The summed E-state index contributed by atoms with van der Waals surface area (Å²) in [5.41, 5.74) is 4.06. The van der Waals surface area contributed by atoms with Crippen LogP contribution in [0.1, 0.15) is 76.0 Å². The molecule has 4 rings (SSSR count). The number of hydrogen-bond acceptors (Lipinski definition) is 2. The molecule has 34 heavy (non-hydrogen) atoms. The lowest BCUT2D eigenvalue weighted by molar-refractivity contribution is -0.0587. The van der Waals surface area contributed by atoms with Crippen molar-refractivity contribution in [3.63, 3.8) is 0 Å². The molecule has 4 unspecified atom stereocenters. The first-order valence-electron chi connectivity index (χ1n) is 12.9. The van der Waals surface area contributed by atoms with Crippen LogP contribution in [0.2, 0.25) is 0 Å². The summed E-state index contributed by atoms with van der Waals surface area (Å²) in [5.74, 6) is 6.69. The maximum Gasteiger partial charge on any atom is 0.138 e. The van der Waals surface area contributed by atoms with E-state index in [4.69, 9.17) is 0 Å². The fourth-order valence-electron chi connectivity index (χ4n) is 6.18. The maximum atomic E-state index is 13.9. The SMILES string of the molecule is CCCCNC1C(=Cc2cccc(C#Cc3ccccc3F)c2)CCC2C(C)C(O)CC[C@]12C. The Morgan fingerprint density at radius 2 is 1.97 bits per heavy atom. The first kappa shape index (κ1) is 24.7. The maximum absolute atomic E-state index is 13.9. The minimum Gasteiger partial charge on any atom is -0.393 e. The summed E-state index contributed by atoms with van der Waals surface area (Å²) in [5, 5.41) is 14.5. The minimum atomic E-state index is -0.286. The topological polar surface area (TPSA) is 32.3 Å². The highest BCUT2D eigenvalue weighted by molar-refractivity contribution is 5.58. The fourth-order valence-corrected chi connectivity index (χ4v) is 6.18. The molecule has 2 N–H and O–H groups in total. The molecule has 5 atom stereocenters. The lowest BCUT2D eigenvalue weighted by atomic mass is 9.53. The van der Waals surface area contributed by atoms with Gasteiger partial charge in [0.2, 0.25) is 0 Å². The molecule has 2 aliphatic rings. The number of rotatable bonds is 5. The molecule has 3 heteroatoms. The average molecular weight is 460 g/mol. The molecule has 0 aromatic heterocycles. The van der Waals surface area contributed by atoms with Gasteiger partial charge >= 0.3 is 0 Å². The molecule has 0 aliphatic heterocycles. The second-order valence-corrected chi connectivity index (χ2v) is 10.4. The van der Waals surface area contributed by atoms with Gasteiger partial charge in [0.1, 0.15) is 5.82 Å². The summed E-state index contributed by atoms with van der Waals surface area (Å²) >= 11 is 0. The van der Waals surface area contributed by atoms with Crippen molar-refractivity contribution in [3.8, 4) is 11.8 Å². The summed E-state index contributed by atoms with van der Waals surface area (Å²) in [4.78, 5) is 0. The van der Waals surface area contributed by atoms with Crippen LogP contribution >= 0.6 is 0 Å². The lowest BCUT2D eigenvalue weighted by Crippen LogP contribution is -2.57. The number of fused-ring (bicyclic) bond motifs is 1. The van der Waals surface area contributed by atoms with E-state index < -0.39 is 0 Å². The molecule has 2 fully saturated rings. The zero-order chi connectivity index (χ0) is 24.1. The molecule has 2 aromatic rings. The quantitative estimate of drug-likeness (QED) is 0.391. The van der Waals surface area contributed by atoms with Gasteiger partial charge in [-0.2, -0.15) is 0 Å². The van der Waals surface area contributed by atoms with Gasteiger partial charge in [-0.3, -0.25) is 0 Å². The Morgan fingerprint density at radius 3 is 2.76 bits per heavy atom. The predicted molar refractivity (Wildman–Crippen MR) is 139 cm³/mol. The molecule has 0 heterocycles. The fraction of sp³-hybridized carbons (Fsp3) is 0.484. The number of unbranched alkanes of at least 4 members (excludes halogenated alkanes) is 1. The Kier molecular flexibility index (Phi) is 7.91. The molecule has 2 saturated carbocycles. The molecule has 180 valence electrons. The average Bonchev–Trinajstić information content (AvgIpc) is 2.83. The Labute approximate surface area is 204 Å². The van der Waals surface area contributed by atoms with Gasteiger partial charge in [-0.1, -0.05) is 74.9 Å². The van der Waals surface area contributed by atoms with E-state index in [9.17, 15) is 9.50 Å². The van der Waals surface area contributed by atoms with Gasteiger partial charge in [-0.25, -0.2) is 4.39 Å². The van der Waals surface area contributed by atoms with Crippen molar-refractivity contribution < 1.29 is 9.50 Å². The molecule has 2 aliphatic carbocycles. The number of aliphatic hydroxyl groups excluding tert-OH is 1. The van der Waals surface area contributed by atoms with Gasteiger partial charge in [-0.15, -0.1) is 0 Å². The van der Waals surface area contributed by atoms with E-state index in [2.05, 4.69) is 56.1 Å². The highest BCUT2D eigenvalue weighted by Gasteiger charge is 2.51. The molecule has 0 radical (unpaired) electrons. The second-order valence-electron chi connectivity index (χ2n) is 10.4. The monoisotopic (exact) mass is 459 g/mol. The number of aliphatic hydroxyl groups is 1. The van der Waals surface area contributed by atoms with Crippen LogP contribution in [0.5, 0.6) is 0 Å². The molecule has 0 amide bonds. The Morgan fingerprint density at radius 1 is 1.15 bits per heavy atom. The van der Waals surface area contributed by atoms with Crippen LogP contribution in [0.25, 0.3) is 6.08 Å². The van der Waals surface area contributed by atoms with Crippen molar-refractivity contribution in [1.29, 1.82) is 0 Å². The van der Waals surface area contributed by atoms with Gasteiger partial charge < -0.3 is 10.4 Å². The van der Waals surface area contributed by atoms with Crippen LogP contribution in [-0.4, -0.2) is 23.8 Å². The van der Waals surface area contributed by atoms with E-state index in [1.807, 2.05) is 18.2 Å². The third kappa shape index (κ3) is 5.29. The third-order valence-corrected chi connectivity index (χ3v) is 8.17. The van der Waals surface area contributed by atoms with E-state index in [0.717, 1.165) is 43.4 Å². The largest absolute Gasteiger partial charge is 0.393 e. The standard InChI is InChI=1S/C31H38FNO/c1-4-5-19-33-30-26(15-16-27-22(2)29(34)17-18-31(27,30)3)21-24-10-8-9-23(20-24)13-14-25-11-6-7-12-28(25)32/h6-12,20-22,27,29-30,33-34H,4-5,15-19H2,1-3H3/t22?,27?,29?,30?,31-/m0/s1. The van der Waals surface area contributed by atoms with Gasteiger partial charge in [0.05, 0.1) is 11.7 Å². The first-order valence-corrected chi connectivity index (χ1v) is 12.9. The zero-order valence-electron chi connectivity index (χ0n) is 20.8. The summed E-state index contributed by atoms with van der Waals surface area (Å²) in [6.45, 7) is 7.93. The summed E-state index contributed by atoms with van der Waals surface area (Å²) in [6.07, 6.45) is 8.62.